The lowest BCUT2D eigenvalue weighted by molar-refractivity contribution is -0.153. The summed E-state index contributed by atoms with van der Waals surface area (Å²) in [7, 11) is 0. The smallest absolute Gasteiger partial charge is 0.311 e. The molecule has 0 aromatic heterocycles. The molecule has 11 heavy (non-hydrogen) atoms. The fourth-order valence-corrected chi connectivity index (χ4v) is 0.491. The van der Waals surface area contributed by atoms with Crippen molar-refractivity contribution in [2.24, 2.45) is 5.41 Å². The fourth-order valence-electron chi connectivity index (χ4n) is 0.491. The van der Waals surface area contributed by atoms with Crippen LogP contribution in [0.4, 0.5) is 0 Å². The van der Waals surface area contributed by atoms with Gasteiger partial charge in [0.15, 0.2) is 0 Å². The first-order valence-corrected chi connectivity index (χ1v) is 3.92. The minimum absolute atomic E-state index is 0.162. The molecule has 0 saturated heterocycles. The Hall–Kier alpha value is -0.530. The first-order valence-electron chi connectivity index (χ1n) is 3.92. The Kier molecular flexibility index (Phi) is 4.16. The zero-order valence-corrected chi connectivity index (χ0v) is 7.52. The van der Waals surface area contributed by atoms with Crippen LogP contribution >= 0.6 is 0 Å². The van der Waals surface area contributed by atoms with E-state index in [2.05, 4.69) is 0 Å². The van der Waals surface area contributed by atoms with Crippen molar-refractivity contribution in [3.05, 3.63) is 6.92 Å². The van der Waals surface area contributed by atoms with Gasteiger partial charge in [-0.2, -0.15) is 0 Å². The molecule has 2 nitrogen and oxygen atoms in total. The van der Waals surface area contributed by atoms with Gasteiger partial charge in [0.05, 0.1) is 12.0 Å². The number of esters is 1. The molecule has 0 aliphatic rings. The predicted octanol–water partition coefficient (Wildman–Crippen LogP) is 2.07. The summed E-state index contributed by atoms with van der Waals surface area (Å²) < 4.78 is 4.88. The van der Waals surface area contributed by atoms with E-state index in [-0.39, 0.29) is 11.4 Å². The Morgan fingerprint density at radius 1 is 1.55 bits per heavy atom. The van der Waals surface area contributed by atoms with Crippen molar-refractivity contribution in [1.29, 1.82) is 0 Å². The molecule has 0 unspecified atom stereocenters. The molecule has 0 heterocycles. The summed E-state index contributed by atoms with van der Waals surface area (Å²) in [6.07, 6.45) is 1.18. The van der Waals surface area contributed by atoms with Gasteiger partial charge in [0, 0.05) is 0 Å². The Morgan fingerprint density at radius 3 is 2.45 bits per heavy atom. The van der Waals surface area contributed by atoms with Crippen LogP contribution in [0.5, 0.6) is 0 Å². The third-order valence-electron chi connectivity index (χ3n) is 1.79. The molecule has 0 amide bonds. The highest BCUT2D eigenvalue weighted by Gasteiger charge is 2.26. The first kappa shape index (κ1) is 10.5. The topological polar surface area (TPSA) is 26.3 Å². The van der Waals surface area contributed by atoms with Gasteiger partial charge in [-0.15, -0.1) is 0 Å². The van der Waals surface area contributed by atoms with E-state index in [0.29, 0.717) is 13.0 Å². The lowest BCUT2D eigenvalue weighted by atomic mass is 9.91. The Labute approximate surface area is 68.9 Å². The van der Waals surface area contributed by atoms with Gasteiger partial charge >= 0.3 is 5.97 Å². The molecule has 0 aliphatic heterocycles. The number of rotatable bonds is 4. The van der Waals surface area contributed by atoms with Crippen molar-refractivity contribution in [3.63, 3.8) is 0 Å². The van der Waals surface area contributed by atoms with Gasteiger partial charge in [0.2, 0.25) is 0 Å². The molecule has 0 saturated carbocycles. The SMILES string of the molecule is [CH]CCOC(=O)C(C)(C)CC. The molecule has 0 aromatic rings. The maximum atomic E-state index is 11.2. The molecule has 2 heteroatoms. The number of carbonyl (C=O) groups is 1. The fraction of sp³-hybridized carbons (Fsp3) is 0.778. The summed E-state index contributed by atoms with van der Waals surface area (Å²) in [6.45, 7) is 11.2. The zero-order valence-electron chi connectivity index (χ0n) is 7.52. The molecule has 0 aromatic carbocycles. The van der Waals surface area contributed by atoms with Gasteiger partial charge in [0.1, 0.15) is 0 Å². The Balaban J connectivity index is 3.82. The highest BCUT2D eigenvalue weighted by Crippen LogP contribution is 2.21. The number of carbonyl (C=O) groups excluding carboxylic acids is 1. The van der Waals surface area contributed by atoms with E-state index < -0.39 is 0 Å². The lowest BCUT2D eigenvalue weighted by Gasteiger charge is -2.19. The summed E-state index contributed by atoms with van der Waals surface area (Å²) >= 11 is 0. The summed E-state index contributed by atoms with van der Waals surface area (Å²) in [6, 6.07) is 0. The van der Waals surface area contributed by atoms with Crippen LogP contribution in [0.25, 0.3) is 0 Å². The van der Waals surface area contributed by atoms with E-state index in [1.807, 2.05) is 20.8 Å². The highest BCUT2D eigenvalue weighted by molar-refractivity contribution is 5.75. The quantitative estimate of drug-likeness (QED) is 0.582. The average Bonchev–Trinajstić information content (AvgIpc) is 2.00. The van der Waals surface area contributed by atoms with Gasteiger partial charge in [0.25, 0.3) is 0 Å². The van der Waals surface area contributed by atoms with Crippen LogP contribution in [0.15, 0.2) is 0 Å². The number of hydrogen-bond acceptors (Lipinski definition) is 2. The molecule has 0 fully saturated rings. The maximum Gasteiger partial charge on any atom is 0.311 e. The molecule has 0 N–H and O–H groups in total. The molecule has 0 spiro atoms. The second-order valence-electron chi connectivity index (χ2n) is 3.16. The van der Waals surface area contributed by atoms with Gasteiger partial charge in [-0.3, -0.25) is 4.79 Å². The molecule has 0 atom stereocenters. The standard InChI is InChI=1S/C9H16O2/c1-5-7-11-8(10)9(3,4)6-2/h1H,5-7H2,2-4H3. The van der Waals surface area contributed by atoms with Crippen molar-refractivity contribution in [1.82, 2.24) is 0 Å². The third-order valence-corrected chi connectivity index (χ3v) is 1.79. The predicted molar refractivity (Wildman–Crippen MR) is 43.9 cm³/mol. The highest BCUT2D eigenvalue weighted by atomic mass is 16.5. The van der Waals surface area contributed by atoms with Crippen LogP contribution < -0.4 is 0 Å². The molecule has 0 rings (SSSR count). The molecule has 0 aliphatic carbocycles. The van der Waals surface area contributed by atoms with Crippen LogP contribution in [-0.2, 0) is 9.53 Å². The van der Waals surface area contributed by atoms with Gasteiger partial charge < -0.3 is 4.74 Å². The molecular formula is C9H16O2. The van der Waals surface area contributed by atoms with Crippen LogP contribution in [0.1, 0.15) is 33.6 Å². The van der Waals surface area contributed by atoms with E-state index in [4.69, 9.17) is 11.7 Å². The first-order chi connectivity index (χ1) is 5.04. The Morgan fingerprint density at radius 2 is 2.09 bits per heavy atom. The van der Waals surface area contributed by atoms with Gasteiger partial charge in [-0.1, -0.05) is 6.92 Å². The summed E-state index contributed by atoms with van der Waals surface area (Å²) in [5.74, 6) is -0.162. The summed E-state index contributed by atoms with van der Waals surface area (Å²) in [4.78, 5) is 11.2. The van der Waals surface area contributed by atoms with E-state index in [1.165, 1.54) is 0 Å². The largest absolute Gasteiger partial charge is 0.465 e. The average molecular weight is 156 g/mol. The molecule has 0 bridgehead atoms. The van der Waals surface area contributed by atoms with E-state index in [9.17, 15) is 4.79 Å². The van der Waals surface area contributed by atoms with E-state index in [1.54, 1.807) is 0 Å². The van der Waals surface area contributed by atoms with E-state index in [0.717, 1.165) is 6.42 Å². The summed E-state index contributed by atoms with van der Waals surface area (Å²) in [5, 5.41) is 0. The van der Waals surface area contributed by atoms with Crippen LogP contribution in [0.2, 0.25) is 0 Å². The van der Waals surface area contributed by atoms with Crippen molar-refractivity contribution in [2.75, 3.05) is 6.61 Å². The zero-order chi connectivity index (χ0) is 8.91. The second kappa shape index (κ2) is 4.37. The number of hydrogen-bond donors (Lipinski definition) is 0. The molecule has 2 radical (unpaired) electrons. The minimum atomic E-state index is -0.366. The normalized spacial score (nSPS) is 11.3. The van der Waals surface area contributed by atoms with E-state index >= 15 is 0 Å². The van der Waals surface area contributed by atoms with Crippen molar-refractivity contribution in [3.8, 4) is 0 Å². The molecule has 64 valence electrons. The third kappa shape index (κ3) is 3.40. The molecular weight excluding hydrogens is 140 g/mol. The van der Waals surface area contributed by atoms with Gasteiger partial charge in [-0.25, -0.2) is 0 Å². The van der Waals surface area contributed by atoms with Crippen molar-refractivity contribution >= 4 is 5.97 Å². The van der Waals surface area contributed by atoms with Crippen molar-refractivity contribution < 1.29 is 9.53 Å². The van der Waals surface area contributed by atoms with Crippen molar-refractivity contribution in [2.45, 2.75) is 33.6 Å². The number of ether oxygens (including phenoxy) is 1. The van der Waals surface area contributed by atoms with Crippen LogP contribution in [0.3, 0.4) is 0 Å². The van der Waals surface area contributed by atoms with Crippen LogP contribution in [0, 0.1) is 12.3 Å². The maximum absolute atomic E-state index is 11.2. The lowest BCUT2D eigenvalue weighted by Crippen LogP contribution is -2.25. The Bertz CT molecular complexity index is 128. The second-order valence-corrected chi connectivity index (χ2v) is 3.16. The minimum Gasteiger partial charge on any atom is -0.465 e. The summed E-state index contributed by atoms with van der Waals surface area (Å²) in [5.41, 5.74) is -0.366. The van der Waals surface area contributed by atoms with Gasteiger partial charge in [-0.05, 0) is 33.6 Å². The monoisotopic (exact) mass is 156 g/mol. The van der Waals surface area contributed by atoms with Crippen LogP contribution in [-0.4, -0.2) is 12.6 Å².